The molecule has 0 aromatic heterocycles. The third-order valence-electron chi connectivity index (χ3n) is 4.74. The molecule has 3 rings (SSSR count). The standard InChI is InChI=1S/C22H28N2O/c1-16(2)15-20(17-9-5-3-6-10-17)24-21(18-11-7-4-8-12-18)22(25)23-19-13-14-19/h3-12,16,19-21,24H,13-15H2,1-2H3,(H,23,25)/p+1/t20-,21+/m1/s1. The van der Waals surface area contributed by atoms with Crippen molar-refractivity contribution < 1.29 is 10.1 Å². The first-order valence-corrected chi connectivity index (χ1v) is 9.38. The molecule has 2 atom stereocenters. The topological polar surface area (TPSA) is 45.7 Å². The van der Waals surface area contributed by atoms with Gasteiger partial charge < -0.3 is 10.6 Å². The van der Waals surface area contributed by atoms with Crippen molar-refractivity contribution in [2.45, 2.75) is 51.2 Å². The highest BCUT2D eigenvalue weighted by molar-refractivity contribution is 5.82. The number of quaternary nitrogens is 1. The Morgan fingerprint density at radius 2 is 1.56 bits per heavy atom. The molecular weight excluding hydrogens is 308 g/mol. The van der Waals surface area contributed by atoms with Crippen LogP contribution in [0.25, 0.3) is 0 Å². The molecular formula is C22H29N2O+. The van der Waals surface area contributed by atoms with Gasteiger partial charge in [-0.15, -0.1) is 0 Å². The molecule has 2 aromatic carbocycles. The number of carbonyl (C=O) groups is 1. The first-order chi connectivity index (χ1) is 12.1. The average molecular weight is 337 g/mol. The molecule has 1 fully saturated rings. The summed E-state index contributed by atoms with van der Waals surface area (Å²) < 4.78 is 0. The summed E-state index contributed by atoms with van der Waals surface area (Å²) >= 11 is 0. The van der Waals surface area contributed by atoms with E-state index in [2.05, 4.69) is 60.9 Å². The van der Waals surface area contributed by atoms with Crippen molar-refractivity contribution in [3.05, 3.63) is 71.8 Å². The van der Waals surface area contributed by atoms with Gasteiger partial charge >= 0.3 is 0 Å². The van der Waals surface area contributed by atoms with Crippen molar-refractivity contribution in [2.24, 2.45) is 5.92 Å². The molecule has 1 aliphatic carbocycles. The summed E-state index contributed by atoms with van der Waals surface area (Å²) in [4.78, 5) is 12.9. The van der Waals surface area contributed by atoms with Gasteiger partial charge in [-0.2, -0.15) is 0 Å². The maximum atomic E-state index is 12.9. The molecule has 3 N–H and O–H groups in total. The molecule has 1 amide bonds. The zero-order valence-corrected chi connectivity index (χ0v) is 15.2. The van der Waals surface area contributed by atoms with E-state index >= 15 is 0 Å². The lowest BCUT2D eigenvalue weighted by atomic mass is 9.95. The summed E-state index contributed by atoms with van der Waals surface area (Å²) in [5, 5.41) is 5.44. The SMILES string of the molecule is CC(C)C[C@@H]([NH2+][C@H](C(=O)NC1CC1)c1ccccc1)c1ccccc1. The van der Waals surface area contributed by atoms with E-state index in [-0.39, 0.29) is 18.0 Å². The molecule has 0 spiro atoms. The van der Waals surface area contributed by atoms with Crippen LogP contribution in [0.2, 0.25) is 0 Å². The first-order valence-electron chi connectivity index (χ1n) is 9.38. The van der Waals surface area contributed by atoms with Crippen molar-refractivity contribution in [2.75, 3.05) is 0 Å². The second kappa shape index (κ2) is 8.30. The molecule has 0 saturated heterocycles. The van der Waals surface area contributed by atoms with Crippen LogP contribution in [0.4, 0.5) is 0 Å². The number of carbonyl (C=O) groups excluding carboxylic acids is 1. The van der Waals surface area contributed by atoms with Crippen molar-refractivity contribution in [1.82, 2.24) is 5.32 Å². The largest absolute Gasteiger partial charge is 0.348 e. The lowest BCUT2D eigenvalue weighted by Crippen LogP contribution is -2.88. The molecule has 3 nitrogen and oxygen atoms in total. The van der Waals surface area contributed by atoms with E-state index in [1.165, 1.54) is 5.56 Å². The summed E-state index contributed by atoms with van der Waals surface area (Å²) in [6.45, 7) is 4.48. The van der Waals surface area contributed by atoms with Crippen LogP contribution in [-0.2, 0) is 4.79 Å². The van der Waals surface area contributed by atoms with Gasteiger partial charge in [0.1, 0.15) is 6.04 Å². The molecule has 0 radical (unpaired) electrons. The number of rotatable bonds is 8. The van der Waals surface area contributed by atoms with E-state index in [0.717, 1.165) is 24.8 Å². The van der Waals surface area contributed by atoms with Gasteiger partial charge in [-0.1, -0.05) is 74.5 Å². The van der Waals surface area contributed by atoms with Crippen LogP contribution in [0.1, 0.15) is 56.3 Å². The fourth-order valence-electron chi connectivity index (χ4n) is 3.30. The lowest BCUT2D eigenvalue weighted by Gasteiger charge is -2.24. The average Bonchev–Trinajstić information content (AvgIpc) is 3.43. The van der Waals surface area contributed by atoms with Crippen LogP contribution in [-0.4, -0.2) is 11.9 Å². The fourth-order valence-corrected chi connectivity index (χ4v) is 3.30. The minimum absolute atomic E-state index is 0.137. The van der Waals surface area contributed by atoms with Crippen molar-refractivity contribution in [3.63, 3.8) is 0 Å². The Morgan fingerprint density at radius 1 is 1.00 bits per heavy atom. The monoisotopic (exact) mass is 337 g/mol. The predicted molar refractivity (Wildman–Crippen MR) is 101 cm³/mol. The number of benzene rings is 2. The molecule has 3 heteroatoms. The Balaban J connectivity index is 1.84. The molecule has 2 aromatic rings. The highest BCUT2D eigenvalue weighted by Crippen LogP contribution is 2.22. The third-order valence-corrected chi connectivity index (χ3v) is 4.74. The van der Waals surface area contributed by atoms with E-state index in [0.29, 0.717) is 12.0 Å². The first kappa shape index (κ1) is 17.7. The molecule has 0 heterocycles. The maximum absolute atomic E-state index is 12.9. The lowest BCUT2D eigenvalue weighted by molar-refractivity contribution is -0.723. The molecule has 25 heavy (non-hydrogen) atoms. The van der Waals surface area contributed by atoms with Crippen LogP contribution >= 0.6 is 0 Å². The number of hydrogen-bond donors (Lipinski definition) is 2. The maximum Gasteiger partial charge on any atom is 0.283 e. The second-order valence-electron chi connectivity index (χ2n) is 7.51. The Hall–Kier alpha value is -2.13. The second-order valence-corrected chi connectivity index (χ2v) is 7.51. The fraction of sp³-hybridized carbons (Fsp3) is 0.409. The summed E-state index contributed by atoms with van der Waals surface area (Å²) in [5.41, 5.74) is 2.36. The highest BCUT2D eigenvalue weighted by atomic mass is 16.2. The van der Waals surface area contributed by atoms with Crippen molar-refractivity contribution >= 4 is 5.91 Å². The summed E-state index contributed by atoms with van der Waals surface area (Å²) in [5.74, 6) is 0.711. The van der Waals surface area contributed by atoms with Gasteiger partial charge in [-0.25, -0.2) is 0 Å². The minimum atomic E-state index is -0.203. The van der Waals surface area contributed by atoms with E-state index < -0.39 is 0 Å². The van der Waals surface area contributed by atoms with E-state index in [4.69, 9.17) is 0 Å². The summed E-state index contributed by atoms with van der Waals surface area (Å²) in [7, 11) is 0. The van der Waals surface area contributed by atoms with E-state index in [1.54, 1.807) is 0 Å². The third kappa shape index (κ3) is 5.17. The van der Waals surface area contributed by atoms with Crippen LogP contribution < -0.4 is 10.6 Å². The van der Waals surface area contributed by atoms with Gasteiger partial charge in [0.25, 0.3) is 5.91 Å². The molecule has 1 saturated carbocycles. The van der Waals surface area contributed by atoms with Gasteiger partial charge in [-0.05, 0) is 18.8 Å². The van der Waals surface area contributed by atoms with Crippen LogP contribution in [0, 0.1) is 5.92 Å². The zero-order valence-electron chi connectivity index (χ0n) is 15.2. The van der Waals surface area contributed by atoms with Crippen LogP contribution in [0.3, 0.4) is 0 Å². The molecule has 0 aliphatic heterocycles. The zero-order chi connectivity index (χ0) is 17.6. The number of nitrogens with two attached hydrogens (primary N) is 1. The van der Waals surface area contributed by atoms with Crippen LogP contribution in [0.5, 0.6) is 0 Å². The highest BCUT2D eigenvalue weighted by Gasteiger charge is 2.33. The van der Waals surface area contributed by atoms with Gasteiger partial charge in [-0.3, -0.25) is 4.79 Å². The molecule has 132 valence electrons. The van der Waals surface area contributed by atoms with E-state index in [9.17, 15) is 4.79 Å². The minimum Gasteiger partial charge on any atom is -0.348 e. The Labute approximate surface area is 150 Å². The Bertz CT molecular complexity index is 665. The number of nitrogens with one attached hydrogen (secondary N) is 1. The van der Waals surface area contributed by atoms with Gasteiger partial charge in [0.2, 0.25) is 0 Å². The smallest absolute Gasteiger partial charge is 0.283 e. The van der Waals surface area contributed by atoms with Gasteiger partial charge in [0.15, 0.2) is 6.04 Å². The predicted octanol–water partition coefficient (Wildman–Crippen LogP) is 3.36. The van der Waals surface area contributed by atoms with Gasteiger partial charge in [0, 0.05) is 23.6 Å². The normalized spacial score (nSPS) is 16.4. The van der Waals surface area contributed by atoms with Crippen molar-refractivity contribution in [3.8, 4) is 0 Å². The summed E-state index contributed by atoms with van der Waals surface area (Å²) in [6, 6.07) is 21.2. The number of amides is 1. The molecule has 0 bridgehead atoms. The molecule has 0 unspecified atom stereocenters. The molecule has 1 aliphatic rings. The number of hydrogen-bond acceptors (Lipinski definition) is 1. The quantitative estimate of drug-likeness (QED) is 0.762. The van der Waals surface area contributed by atoms with Crippen LogP contribution in [0.15, 0.2) is 60.7 Å². The van der Waals surface area contributed by atoms with Gasteiger partial charge in [0.05, 0.1) is 0 Å². The Morgan fingerprint density at radius 3 is 2.08 bits per heavy atom. The summed E-state index contributed by atoms with van der Waals surface area (Å²) in [6.07, 6.45) is 3.27. The Kier molecular flexibility index (Phi) is 5.87. The van der Waals surface area contributed by atoms with Crippen molar-refractivity contribution in [1.29, 1.82) is 0 Å². The van der Waals surface area contributed by atoms with E-state index in [1.807, 2.05) is 24.3 Å².